The summed E-state index contributed by atoms with van der Waals surface area (Å²) in [5, 5.41) is 1.42. The molecule has 11 aromatic rings. The standard InChI is InChI=1S/C56H38N4O.Pt/c1-38-36-57-56(39(2)54(38)42-22-10-5-11-23-42)60-50-29-13-12-26-48(50)49-33-32-45(35-53(49)60)61-44-25-16-24-43(34-44)58-37-59(52-31-15-14-30-51(52)58)55-46(40-18-6-3-7-19-40)27-17-28-47(55)41-20-8-4-9-21-41;/h3-33,36H,1-2H3;/q-2;/i1D3,2D3,3D,4D,6D,7D,8D,9D,18D,19D,20D,21D;. The number of aromatic nitrogens is 4. The Hall–Kier alpha value is -7.33. The Kier molecular flexibility index (Phi) is 6.51. The van der Waals surface area contributed by atoms with Gasteiger partial charge in [0.15, 0.2) is 0 Å². The van der Waals surface area contributed by atoms with Crippen molar-refractivity contribution in [2.45, 2.75) is 13.7 Å². The van der Waals surface area contributed by atoms with Crippen LogP contribution < -0.4 is 9.30 Å². The van der Waals surface area contributed by atoms with Crippen LogP contribution in [0.25, 0.3) is 83.4 Å². The topological polar surface area (TPSA) is 35.9 Å². The number of nitrogens with zero attached hydrogens (tertiary/aromatic N) is 4. The molecule has 0 N–H and O–H groups in total. The van der Waals surface area contributed by atoms with Gasteiger partial charge in [0.25, 0.3) is 6.33 Å². The molecule has 11 rings (SSSR count). The predicted molar refractivity (Wildman–Crippen MR) is 246 cm³/mol. The zero-order valence-corrected chi connectivity index (χ0v) is 34.5. The molecule has 8 aromatic carbocycles. The summed E-state index contributed by atoms with van der Waals surface area (Å²) < 4.78 is 150. The number of pyridine rings is 1. The number of hydrogen-bond acceptors (Lipinski definition) is 2. The Labute approximate surface area is 397 Å². The zero-order chi connectivity index (χ0) is 54.6. The van der Waals surface area contributed by atoms with Crippen LogP contribution in [-0.2, 0) is 21.1 Å². The molecular weight excluding hydrogens is 940 g/mol. The first kappa shape index (κ1) is 24.8. The Morgan fingerprint density at radius 3 is 2.03 bits per heavy atom. The molecule has 5 nitrogen and oxygen atoms in total. The molecule has 3 heterocycles. The molecule has 300 valence electrons. The van der Waals surface area contributed by atoms with Crippen LogP contribution in [0.5, 0.6) is 11.5 Å². The summed E-state index contributed by atoms with van der Waals surface area (Å²) in [7, 11) is 0. The summed E-state index contributed by atoms with van der Waals surface area (Å²) in [5.41, 5.74) is 2.17. The van der Waals surface area contributed by atoms with E-state index in [0.717, 1.165) is 5.39 Å². The molecule has 62 heavy (non-hydrogen) atoms. The number of fused-ring (bicyclic) bond motifs is 4. The van der Waals surface area contributed by atoms with Crippen LogP contribution in [-0.4, -0.2) is 14.1 Å². The maximum absolute atomic E-state index is 9.01. The Morgan fingerprint density at radius 2 is 1.29 bits per heavy atom. The molecule has 0 fully saturated rings. The van der Waals surface area contributed by atoms with Crippen molar-refractivity contribution in [1.82, 2.24) is 14.1 Å². The zero-order valence-electron chi connectivity index (χ0n) is 48.2. The molecule has 0 aliphatic carbocycles. The molecule has 0 saturated carbocycles. The van der Waals surface area contributed by atoms with Crippen LogP contribution in [0.1, 0.15) is 33.1 Å². The summed E-state index contributed by atoms with van der Waals surface area (Å²) in [6.45, 7) is -5.56. The number of aryl methyl sites for hydroxylation is 1. The van der Waals surface area contributed by atoms with E-state index >= 15 is 0 Å². The van der Waals surface area contributed by atoms with Crippen LogP contribution in [0.3, 0.4) is 0 Å². The van der Waals surface area contributed by atoms with Crippen molar-refractivity contribution in [2.75, 3.05) is 0 Å². The predicted octanol–water partition coefficient (Wildman–Crippen LogP) is 13.2. The maximum atomic E-state index is 9.01. The van der Waals surface area contributed by atoms with E-state index in [1.54, 1.807) is 98.6 Å². The minimum atomic E-state index is -2.85. The summed E-state index contributed by atoms with van der Waals surface area (Å²) in [6, 6.07) is 37.1. The van der Waals surface area contributed by atoms with Gasteiger partial charge in [-0.2, -0.15) is 18.2 Å². The second kappa shape index (κ2) is 16.3. The van der Waals surface area contributed by atoms with Gasteiger partial charge in [0.1, 0.15) is 5.82 Å². The molecule has 0 spiro atoms. The van der Waals surface area contributed by atoms with Crippen LogP contribution in [0.4, 0.5) is 0 Å². The Balaban J connectivity index is 0.00000688. The normalized spacial score (nSPS) is 15.4. The van der Waals surface area contributed by atoms with Crippen molar-refractivity contribution < 1.29 is 52.3 Å². The van der Waals surface area contributed by atoms with Gasteiger partial charge in [0, 0.05) is 58.1 Å². The number of benzene rings is 8. The van der Waals surface area contributed by atoms with Crippen LogP contribution in [0.15, 0.2) is 194 Å². The fourth-order valence-electron chi connectivity index (χ4n) is 7.84. The van der Waals surface area contributed by atoms with Crippen molar-refractivity contribution in [3.05, 3.63) is 224 Å². The second-order valence-corrected chi connectivity index (χ2v) is 14.0. The minimum Gasteiger partial charge on any atom is -0.510 e. The molecule has 0 aliphatic rings. The van der Waals surface area contributed by atoms with E-state index in [2.05, 4.69) is 23.4 Å². The molecule has 0 unspecified atom stereocenters. The van der Waals surface area contributed by atoms with Crippen LogP contribution in [0, 0.1) is 32.2 Å². The van der Waals surface area contributed by atoms with Gasteiger partial charge in [0.05, 0.1) is 30.4 Å². The molecule has 0 saturated heterocycles. The van der Waals surface area contributed by atoms with Crippen molar-refractivity contribution >= 4 is 32.8 Å². The average molecular weight is 994 g/mol. The van der Waals surface area contributed by atoms with E-state index < -0.39 is 74.1 Å². The number of ether oxygens (including phenoxy) is 1. The third kappa shape index (κ3) is 6.72. The molecule has 0 aliphatic heterocycles. The molecule has 6 heteroatoms. The first-order valence-electron chi connectivity index (χ1n) is 27.2. The third-order valence-electron chi connectivity index (χ3n) is 10.5. The van der Waals surface area contributed by atoms with Crippen LogP contribution >= 0.6 is 0 Å². The largest absolute Gasteiger partial charge is 0.510 e. The minimum absolute atomic E-state index is 0. The van der Waals surface area contributed by atoms with E-state index in [-0.39, 0.29) is 83.0 Å². The van der Waals surface area contributed by atoms with Crippen molar-refractivity contribution in [2.24, 2.45) is 0 Å². The number of hydrogen-bond donors (Lipinski definition) is 0. The van der Waals surface area contributed by atoms with Gasteiger partial charge in [-0.1, -0.05) is 157 Å². The monoisotopic (exact) mass is 993 g/mol. The van der Waals surface area contributed by atoms with Gasteiger partial charge < -0.3 is 13.9 Å². The fraction of sp³-hybridized carbons (Fsp3) is 0.0357. The van der Waals surface area contributed by atoms with Gasteiger partial charge in [0.2, 0.25) is 0 Å². The summed E-state index contributed by atoms with van der Waals surface area (Å²) in [4.78, 5) is 4.61. The van der Waals surface area contributed by atoms with E-state index in [4.69, 9.17) is 26.7 Å². The second-order valence-electron chi connectivity index (χ2n) is 14.0. The quantitative estimate of drug-likeness (QED) is 0.112. The molecule has 0 amide bonds. The van der Waals surface area contributed by atoms with Gasteiger partial charge in [-0.25, -0.2) is 4.98 Å². The molecule has 0 bridgehead atoms. The van der Waals surface area contributed by atoms with E-state index in [9.17, 15) is 0 Å². The van der Waals surface area contributed by atoms with Crippen LogP contribution in [0.2, 0.25) is 0 Å². The number of para-hydroxylation sites is 4. The van der Waals surface area contributed by atoms with Crippen molar-refractivity contribution in [3.63, 3.8) is 0 Å². The van der Waals surface area contributed by atoms with Gasteiger partial charge in [-0.05, 0) is 69.8 Å². The smallest absolute Gasteiger partial charge is 0.268 e. The number of imidazole rings is 1. The SMILES string of the molecule is [2H]c1c([2H])c([2H])c(-c2cccc(-c3c([2H])c([2H])c([2H])c([2H])c3[2H])c2-[n+]2[c-]n(-c3[c-]c(Oc4[c-]c5c(cc4)c4ccccc4n5-c4ncc(C([2H])([2H])[2H])c(-c5ccccc5)c4C([2H])([2H])[2H])ccc3)c3ccccc32)c([2H])c1[2H].[Pt]. The summed E-state index contributed by atoms with van der Waals surface area (Å²) in [6.07, 6.45) is 4.55. The Bertz CT molecular complexity index is 4100. The van der Waals surface area contributed by atoms with Crippen molar-refractivity contribution in [3.8, 4) is 62.1 Å². The number of rotatable bonds is 8. The van der Waals surface area contributed by atoms with Gasteiger partial charge >= 0.3 is 0 Å². The van der Waals surface area contributed by atoms with Gasteiger partial charge in [-0.3, -0.25) is 4.57 Å². The first-order chi connectivity index (χ1) is 36.7. The fourth-order valence-corrected chi connectivity index (χ4v) is 7.84. The Morgan fingerprint density at radius 1 is 0.613 bits per heavy atom. The van der Waals surface area contributed by atoms with Crippen molar-refractivity contribution in [1.29, 1.82) is 0 Å². The molecule has 0 atom stereocenters. The third-order valence-corrected chi connectivity index (χ3v) is 10.5. The molecule has 3 aromatic heterocycles. The van der Waals surface area contributed by atoms with E-state index in [1.165, 1.54) is 24.4 Å². The maximum Gasteiger partial charge on any atom is 0.268 e. The van der Waals surface area contributed by atoms with Gasteiger partial charge in [-0.15, -0.1) is 29.7 Å². The summed E-state index contributed by atoms with van der Waals surface area (Å²) >= 11 is 0. The van der Waals surface area contributed by atoms with E-state index in [1.807, 2.05) is 24.3 Å². The molecule has 0 radical (unpaired) electrons. The molecular formula is C56H38N4OPt-2. The summed E-state index contributed by atoms with van der Waals surface area (Å²) in [5.74, 6) is 0.378. The first-order valence-corrected chi connectivity index (χ1v) is 19.2. The average Bonchev–Trinajstić information content (AvgIpc) is 4.15. The van der Waals surface area contributed by atoms with E-state index in [0.29, 0.717) is 38.7 Å².